The van der Waals surface area contributed by atoms with E-state index in [0.29, 0.717) is 30.6 Å². The fourth-order valence-corrected chi connectivity index (χ4v) is 5.76. The number of imidazole rings is 1. The Morgan fingerprint density at radius 2 is 1.95 bits per heavy atom. The van der Waals surface area contributed by atoms with Crippen molar-refractivity contribution in [3.8, 4) is 11.3 Å². The molecule has 1 saturated carbocycles. The number of aryl methyl sites for hydroxylation is 1. The monoisotopic (exact) mass is 505 g/mol. The zero-order chi connectivity index (χ0) is 25.5. The summed E-state index contributed by atoms with van der Waals surface area (Å²) in [4.78, 5) is 34.0. The van der Waals surface area contributed by atoms with E-state index in [1.54, 1.807) is 0 Å². The summed E-state index contributed by atoms with van der Waals surface area (Å²) in [5.41, 5.74) is 7.22. The lowest BCUT2D eigenvalue weighted by molar-refractivity contribution is 0.0976. The van der Waals surface area contributed by atoms with Crippen molar-refractivity contribution in [2.75, 3.05) is 24.7 Å². The number of hydrogen-bond donors (Lipinski definition) is 2. The number of nitrogens with one attached hydrogen (secondary N) is 2. The number of rotatable bonds is 5. The lowest BCUT2D eigenvalue weighted by Gasteiger charge is -2.35. The number of ether oxygens (including phenoxy) is 1. The second-order valence-corrected chi connectivity index (χ2v) is 10.8. The third kappa shape index (κ3) is 4.75. The molecular weight excluding hydrogens is 470 g/mol. The molecule has 1 unspecified atom stereocenters. The molecule has 3 aromatic rings. The third-order valence-electron chi connectivity index (χ3n) is 7.88. The highest BCUT2D eigenvalue weighted by molar-refractivity contribution is 5.90. The Balaban J connectivity index is 1.54. The fraction of sp³-hybridized carbons (Fsp3) is 0.556. The van der Waals surface area contributed by atoms with E-state index >= 15 is 0 Å². The van der Waals surface area contributed by atoms with Crippen LogP contribution in [0.5, 0.6) is 0 Å². The SMILES string of the molecule is Cc1cccc(-c2nc(C3NOC(=O)N3)nc3nc(N4CCOC[C@H]4C)n(CC4CCC(C)CC4)c23)c1. The normalized spacial score (nSPS) is 26.4. The van der Waals surface area contributed by atoms with Gasteiger partial charge in [-0.15, -0.1) is 5.48 Å². The summed E-state index contributed by atoms with van der Waals surface area (Å²) < 4.78 is 8.10. The first-order valence-electron chi connectivity index (χ1n) is 13.4. The van der Waals surface area contributed by atoms with Crippen LogP contribution in [-0.2, 0) is 16.1 Å². The van der Waals surface area contributed by atoms with Gasteiger partial charge in [0.15, 0.2) is 17.6 Å². The highest BCUT2D eigenvalue weighted by atomic mass is 16.7. The average molecular weight is 506 g/mol. The van der Waals surface area contributed by atoms with Crippen LogP contribution >= 0.6 is 0 Å². The Kier molecular flexibility index (Phi) is 6.46. The van der Waals surface area contributed by atoms with Gasteiger partial charge in [-0.05, 0) is 44.6 Å². The molecule has 196 valence electrons. The molecule has 0 bridgehead atoms. The topological polar surface area (TPSA) is 106 Å². The van der Waals surface area contributed by atoms with Gasteiger partial charge in [0.2, 0.25) is 5.95 Å². The predicted octanol–water partition coefficient (Wildman–Crippen LogP) is 4.10. The van der Waals surface area contributed by atoms with Gasteiger partial charge in [0.25, 0.3) is 0 Å². The van der Waals surface area contributed by atoms with Crippen LogP contribution in [0.15, 0.2) is 24.3 Å². The number of hydroxylamine groups is 1. The van der Waals surface area contributed by atoms with Gasteiger partial charge >= 0.3 is 6.09 Å². The lowest BCUT2D eigenvalue weighted by Crippen LogP contribution is -2.45. The highest BCUT2D eigenvalue weighted by Crippen LogP contribution is 2.36. The van der Waals surface area contributed by atoms with Crippen LogP contribution < -0.4 is 15.7 Å². The summed E-state index contributed by atoms with van der Waals surface area (Å²) in [7, 11) is 0. The van der Waals surface area contributed by atoms with Crippen LogP contribution in [0, 0.1) is 18.8 Å². The van der Waals surface area contributed by atoms with E-state index in [9.17, 15) is 4.79 Å². The number of nitrogens with zero attached hydrogens (tertiary/aromatic N) is 5. The molecule has 1 amide bonds. The Bertz CT molecular complexity index is 1300. The minimum atomic E-state index is -0.642. The molecule has 2 saturated heterocycles. The summed E-state index contributed by atoms with van der Waals surface area (Å²) in [6.45, 7) is 9.61. The minimum absolute atomic E-state index is 0.203. The van der Waals surface area contributed by atoms with Gasteiger partial charge < -0.3 is 19.0 Å². The number of aromatic nitrogens is 4. The number of fused-ring (bicyclic) bond motifs is 1. The zero-order valence-electron chi connectivity index (χ0n) is 21.7. The average Bonchev–Trinajstić information content (AvgIpc) is 3.49. The fourth-order valence-electron chi connectivity index (χ4n) is 5.76. The van der Waals surface area contributed by atoms with Gasteiger partial charge in [0.1, 0.15) is 11.2 Å². The van der Waals surface area contributed by atoms with Gasteiger partial charge in [-0.3, -0.25) is 5.32 Å². The molecule has 2 aliphatic heterocycles. The molecule has 37 heavy (non-hydrogen) atoms. The van der Waals surface area contributed by atoms with Gasteiger partial charge in [0, 0.05) is 18.7 Å². The first-order chi connectivity index (χ1) is 18.0. The van der Waals surface area contributed by atoms with Crippen molar-refractivity contribution in [3.05, 3.63) is 35.7 Å². The summed E-state index contributed by atoms with van der Waals surface area (Å²) >= 11 is 0. The molecule has 10 heteroatoms. The van der Waals surface area contributed by atoms with Crippen molar-refractivity contribution < 1.29 is 14.4 Å². The van der Waals surface area contributed by atoms with E-state index in [1.807, 2.05) is 6.07 Å². The van der Waals surface area contributed by atoms with Crippen LogP contribution in [0.2, 0.25) is 0 Å². The number of anilines is 1. The van der Waals surface area contributed by atoms with E-state index in [-0.39, 0.29) is 6.04 Å². The standard InChI is InChI=1S/C27H35N7O3/c1-16-7-9-19(10-8-16)14-34-22-21(20-6-4-5-17(2)13-20)28-24(25-31-27(35)37-32-25)29-23(22)30-26(34)33-11-12-36-15-18(33)3/h4-6,13,16,18-19,25,32H,7-12,14-15H2,1-3H3,(H,31,35)/t16?,18-,19?,25?/m1/s1. The largest absolute Gasteiger partial charge is 0.427 e. The summed E-state index contributed by atoms with van der Waals surface area (Å²) in [5, 5.41) is 2.73. The van der Waals surface area contributed by atoms with Crippen molar-refractivity contribution in [1.82, 2.24) is 30.3 Å². The first kappa shape index (κ1) is 24.1. The van der Waals surface area contributed by atoms with Crippen LogP contribution in [0.25, 0.3) is 22.4 Å². The Morgan fingerprint density at radius 1 is 1.11 bits per heavy atom. The van der Waals surface area contributed by atoms with Crippen LogP contribution in [0.3, 0.4) is 0 Å². The zero-order valence-corrected chi connectivity index (χ0v) is 21.7. The van der Waals surface area contributed by atoms with Gasteiger partial charge in [-0.2, -0.15) is 4.98 Å². The lowest BCUT2D eigenvalue weighted by atomic mass is 9.83. The van der Waals surface area contributed by atoms with Crippen LogP contribution in [0.4, 0.5) is 10.7 Å². The molecule has 4 heterocycles. The molecule has 3 aliphatic rings. The molecule has 2 aromatic heterocycles. The molecule has 2 N–H and O–H groups in total. The number of hydrogen-bond acceptors (Lipinski definition) is 8. The van der Waals surface area contributed by atoms with Gasteiger partial charge in [0.05, 0.1) is 19.3 Å². The highest BCUT2D eigenvalue weighted by Gasteiger charge is 2.32. The molecular formula is C27H35N7O3. The van der Waals surface area contributed by atoms with Crippen molar-refractivity contribution in [2.45, 2.75) is 65.2 Å². The van der Waals surface area contributed by atoms with E-state index in [2.05, 4.69) is 59.2 Å². The predicted molar refractivity (Wildman–Crippen MR) is 140 cm³/mol. The van der Waals surface area contributed by atoms with Crippen LogP contribution in [-0.4, -0.2) is 51.4 Å². The molecule has 3 fully saturated rings. The molecule has 2 atom stereocenters. The summed E-state index contributed by atoms with van der Waals surface area (Å²) in [5.74, 6) is 2.72. The number of carbonyl (C=O) groups is 1. The van der Waals surface area contributed by atoms with E-state index < -0.39 is 12.3 Å². The summed E-state index contributed by atoms with van der Waals surface area (Å²) in [6.07, 6.45) is 3.76. The third-order valence-corrected chi connectivity index (χ3v) is 7.88. The van der Waals surface area contributed by atoms with Gasteiger partial charge in [-0.25, -0.2) is 14.8 Å². The second-order valence-electron chi connectivity index (χ2n) is 10.8. The quantitative estimate of drug-likeness (QED) is 0.534. The Morgan fingerprint density at radius 3 is 2.68 bits per heavy atom. The molecule has 6 rings (SSSR count). The van der Waals surface area contributed by atoms with Crippen molar-refractivity contribution in [1.29, 1.82) is 0 Å². The molecule has 0 radical (unpaired) electrons. The number of morpholine rings is 1. The van der Waals surface area contributed by atoms with E-state index in [4.69, 9.17) is 24.5 Å². The number of amides is 1. The van der Waals surface area contributed by atoms with Gasteiger partial charge in [-0.1, -0.05) is 43.5 Å². The van der Waals surface area contributed by atoms with Crippen molar-refractivity contribution >= 4 is 23.2 Å². The number of carbonyl (C=O) groups excluding carboxylic acids is 1. The molecule has 1 aliphatic carbocycles. The maximum atomic E-state index is 11.7. The van der Waals surface area contributed by atoms with Crippen molar-refractivity contribution in [2.24, 2.45) is 11.8 Å². The van der Waals surface area contributed by atoms with E-state index in [0.717, 1.165) is 47.3 Å². The maximum absolute atomic E-state index is 11.7. The summed E-state index contributed by atoms with van der Waals surface area (Å²) in [6, 6.07) is 8.54. The number of benzene rings is 1. The van der Waals surface area contributed by atoms with Crippen LogP contribution in [0.1, 0.15) is 57.1 Å². The van der Waals surface area contributed by atoms with E-state index in [1.165, 1.54) is 25.7 Å². The Labute approximate surface area is 216 Å². The van der Waals surface area contributed by atoms with Crippen molar-refractivity contribution in [3.63, 3.8) is 0 Å². The molecule has 0 spiro atoms. The first-order valence-corrected chi connectivity index (χ1v) is 13.4. The second kappa shape index (κ2) is 9.90. The Hall–Kier alpha value is -3.24. The maximum Gasteiger partial charge on any atom is 0.427 e. The molecule has 10 nitrogen and oxygen atoms in total. The molecule has 1 aromatic carbocycles. The smallest absolute Gasteiger partial charge is 0.377 e. The minimum Gasteiger partial charge on any atom is -0.377 e.